The van der Waals surface area contributed by atoms with Crippen LogP contribution < -0.4 is 0 Å². The fourth-order valence-corrected chi connectivity index (χ4v) is 2.37. The summed E-state index contributed by atoms with van der Waals surface area (Å²) in [6, 6.07) is 11.7. The van der Waals surface area contributed by atoms with E-state index in [1.807, 2.05) is 44.2 Å². The number of aryl methyl sites for hydroxylation is 2. The van der Waals surface area contributed by atoms with Gasteiger partial charge in [0.15, 0.2) is 12.1 Å². The molecule has 4 heteroatoms. The summed E-state index contributed by atoms with van der Waals surface area (Å²) < 4.78 is 1.64. The predicted molar refractivity (Wildman–Crippen MR) is 81.7 cm³/mol. The second kappa shape index (κ2) is 5.32. The van der Waals surface area contributed by atoms with Crippen LogP contribution in [0.1, 0.15) is 21.5 Å². The van der Waals surface area contributed by atoms with Gasteiger partial charge in [0, 0.05) is 18.0 Å². The van der Waals surface area contributed by atoms with Gasteiger partial charge in [-0.2, -0.15) is 5.10 Å². The average molecular weight is 277 g/mol. The van der Waals surface area contributed by atoms with Gasteiger partial charge in [-0.1, -0.05) is 29.8 Å². The van der Waals surface area contributed by atoms with Gasteiger partial charge in [-0.3, -0.25) is 4.79 Å². The van der Waals surface area contributed by atoms with Crippen molar-refractivity contribution in [3.63, 3.8) is 0 Å². The van der Waals surface area contributed by atoms with Crippen molar-refractivity contribution in [3.05, 3.63) is 65.5 Å². The molecule has 0 bridgehead atoms. The Morgan fingerprint density at radius 1 is 1.14 bits per heavy atom. The van der Waals surface area contributed by atoms with Crippen LogP contribution in [0.3, 0.4) is 0 Å². The zero-order valence-electron chi connectivity index (χ0n) is 11.9. The highest BCUT2D eigenvalue weighted by molar-refractivity contribution is 5.86. The molecule has 4 nitrogen and oxygen atoms in total. The first-order chi connectivity index (χ1) is 10.2. The van der Waals surface area contributed by atoms with Crippen LogP contribution in [0.4, 0.5) is 0 Å². The van der Waals surface area contributed by atoms with E-state index in [9.17, 15) is 4.79 Å². The zero-order valence-corrected chi connectivity index (χ0v) is 11.9. The molecule has 2 aromatic heterocycles. The third kappa shape index (κ3) is 2.48. The fraction of sp³-hybridized carbons (Fsp3) is 0.118. The summed E-state index contributed by atoms with van der Waals surface area (Å²) in [6.45, 7) is 4.07. The number of carbonyl (C=O) groups excluding carboxylic acids is 1. The molecule has 3 aromatic rings. The molecule has 0 radical (unpaired) electrons. The van der Waals surface area contributed by atoms with Gasteiger partial charge in [-0.05, 0) is 31.5 Å². The number of rotatable bonds is 3. The van der Waals surface area contributed by atoms with E-state index in [-0.39, 0.29) is 0 Å². The Morgan fingerprint density at radius 2 is 2.00 bits per heavy atom. The lowest BCUT2D eigenvalue weighted by Crippen LogP contribution is -1.97. The Kier molecular flexibility index (Phi) is 3.36. The molecule has 1 aromatic carbocycles. The van der Waals surface area contributed by atoms with Crippen LogP contribution in [-0.4, -0.2) is 21.1 Å². The van der Waals surface area contributed by atoms with Crippen molar-refractivity contribution in [2.45, 2.75) is 13.8 Å². The summed E-state index contributed by atoms with van der Waals surface area (Å²) in [6.07, 6.45) is 4.25. The molecule has 0 fully saturated rings. The second-order valence-corrected chi connectivity index (χ2v) is 5.00. The summed E-state index contributed by atoms with van der Waals surface area (Å²) in [4.78, 5) is 15.6. The Balaban J connectivity index is 2.15. The molecular weight excluding hydrogens is 262 g/mol. The monoisotopic (exact) mass is 277 g/mol. The fourth-order valence-electron chi connectivity index (χ4n) is 2.37. The molecule has 0 N–H and O–H groups in total. The van der Waals surface area contributed by atoms with E-state index in [1.54, 1.807) is 17.1 Å². The number of hydrogen-bond acceptors (Lipinski definition) is 3. The number of carbonyl (C=O) groups is 1. The topological polar surface area (TPSA) is 47.8 Å². The molecule has 104 valence electrons. The molecule has 0 atom stereocenters. The van der Waals surface area contributed by atoms with Crippen LogP contribution in [-0.2, 0) is 0 Å². The van der Waals surface area contributed by atoms with Crippen LogP contribution in [0, 0.1) is 13.8 Å². The number of nitrogens with zero attached hydrogens (tertiary/aromatic N) is 3. The zero-order chi connectivity index (χ0) is 14.8. The molecule has 0 saturated heterocycles. The summed E-state index contributed by atoms with van der Waals surface area (Å²) in [5.74, 6) is 0.691. The van der Waals surface area contributed by atoms with Crippen LogP contribution in [0.25, 0.3) is 17.1 Å². The Hall–Kier alpha value is -2.75. The lowest BCUT2D eigenvalue weighted by atomic mass is 10.0. The molecule has 21 heavy (non-hydrogen) atoms. The SMILES string of the molecule is Cc1ccc(-c2nn(-c3ccccn3)cc2C=O)c(C)c1. The van der Waals surface area contributed by atoms with Crippen molar-refractivity contribution >= 4 is 6.29 Å². The third-order valence-electron chi connectivity index (χ3n) is 3.39. The van der Waals surface area contributed by atoms with Crippen molar-refractivity contribution in [2.75, 3.05) is 0 Å². The molecule has 0 saturated carbocycles. The van der Waals surface area contributed by atoms with Crippen LogP contribution in [0.2, 0.25) is 0 Å². The largest absolute Gasteiger partial charge is 0.298 e. The van der Waals surface area contributed by atoms with Crippen LogP contribution in [0.15, 0.2) is 48.8 Å². The number of pyridine rings is 1. The molecule has 0 aliphatic rings. The molecule has 0 amide bonds. The van der Waals surface area contributed by atoms with E-state index in [1.165, 1.54) is 5.56 Å². The quantitative estimate of drug-likeness (QED) is 0.690. The molecule has 0 unspecified atom stereocenters. The highest BCUT2D eigenvalue weighted by Crippen LogP contribution is 2.26. The number of benzene rings is 1. The van der Waals surface area contributed by atoms with Gasteiger partial charge in [-0.25, -0.2) is 9.67 Å². The minimum absolute atomic E-state index is 0.563. The van der Waals surface area contributed by atoms with E-state index < -0.39 is 0 Å². The van der Waals surface area contributed by atoms with E-state index in [2.05, 4.69) is 16.1 Å². The predicted octanol–water partition coefficient (Wildman–Crippen LogP) is 3.36. The first-order valence-corrected chi connectivity index (χ1v) is 6.73. The molecular formula is C17H15N3O. The van der Waals surface area contributed by atoms with E-state index >= 15 is 0 Å². The Labute approximate surface area is 123 Å². The highest BCUT2D eigenvalue weighted by Gasteiger charge is 2.13. The van der Waals surface area contributed by atoms with Crippen LogP contribution >= 0.6 is 0 Å². The summed E-state index contributed by atoms with van der Waals surface area (Å²) in [5, 5.41) is 4.53. The summed E-state index contributed by atoms with van der Waals surface area (Å²) in [7, 11) is 0. The van der Waals surface area contributed by atoms with Gasteiger partial charge in [0.05, 0.1) is 5.56 Å². The van der Waals surface area contributed by atoms with Gasteiger partial charge in [0.25, 0.3) is 0 Å². The molecule has 0 aliphatic heterocycles. The van der Waals surface area contributed by atoms with E-state index in [4.69, 9.17) is 0 Å². The Morgan fingerprint density at radius 3 is 2.67 bits per heavy atom. The van der Waals surface area contributed by atoms with Crippen molar-refractivity contribution in [3.8, 4) is 17.1 Å². The van der Waals surface area contributed by atoms with Crippen molar-refractivity contribution in [2.24, 2.45) is 0 Å². The molecule has 2 heterocycles. The highest BCUT2D eigenvalue weighted by atomic mass is 16.1. The normalized spacial score (nSPS) is 10.6. The van der Waals surface area contributed by atoms with E-state index in [0.717, 1.165) is 17.4 Å². The minimum atomic E-state index is 0.563. The third-order valence-corrected chi connectivity index (χ3v) is 3.39. The van der Waals surface area contributed by atoms with Gasteiger partial charge >= 0.3 is 0 Å². The maximum Gasteiger partial charge on any atom is 0.153 e. The van der Waals surface area contributed by atoms with Crippen molar-refractivity contribution in [1.82, 2.24) is 14.8 Å². The van der Waals surface area contributed by atoms with E-state index in [0.29, 0.717) is 17.1 Å². The number of aldehydes is 1. The second-order valence-electron chi connectivity index (χ2n) is 5.00. The molecule has 0 aliphatic carbocycles. The standard InChI is InChI=1S/C17H15N3O/c1-12-6-7-15(13(2)9-12)17-14(11-21)10-20(19-17)16-5-3-4-8-18-16/h3-11H,1-2H3. The van der Waals surface area contributed by atoms with Gasteiger partial charge < -0.3 is 0 Å². The number of hydrogen-bond donors (Lipinski definition) is 0. The molecule has 3 rings (SSSR count). The molecule has 0 spiro atoms. The Bertz CT molecular complexity index is 791. The average Bonchev–Trinajstić information content (AvgIpc) is 2.92. The minimum Gasteiger partial charge on any atom is -0.298 e. The first kappa shape index (κ1) is 13.2. The van der Waals surface area contributed by atoms with Gasteiger partial charge in [0.2, 0.25) is 0 Å². The van der Waals surface area contributed by atoms with Crippen molar-refractivity contribution < 1.29 is 4.79 Å². The lowest BCUT2D eigenvalue weighted by molar-refractivity contribution is 0.112. The summed E-state index contributed by atoms with van der Waals surface area (Å²) >= 11 is 0. The summed E-state index contributed by atoms with van der Waals surface area (Å²) in [5.41, 5.74) is 4.51. The van der Waals surface area contributed by atoms with Gasteiger partial charge in [0.1, 0.15) is 5.69 Å². The number of aromatic nitrogens is 3. The van der Waals surface area contributed by atoms with Crippen molar-refractivity contribution in [1.29, 1.82) is 0 Å². The maximum atomic E-state index is 11.3. The smallest absolute Gasteiger partial charge is 0.153 e. The lowest BCUT2D eigenvalue weighted by Gasteiger charge is -2.04. The first-order valence-electron chi connectivity index (χ1n) is 6.73. The van der Waals surface area contributed by atoms with Crippen LogP contribution in [0.5, 0.6) is 0 Å². The van der Waals surface area contributed by atoms with Gasteiger partial charge in [-0.15, -0.1) is 0 Å². The maximum absolute atomic E-state index is 11.3.